The predicted molar refractivity (Wildman–Crippen MR) is 134 cm³/mol. The van der Waals surface area contributed by atoms with Crippen molar-refractivity contribution >= 4 is 26.8 Å². The van der Waals surface area contributed by atoms with Gasteiger partial charge in [0.25, 0.3) is 0 Å². The summed E-state index contributed by atoms with van der Waals surface area (Å²) in [6.45, 7) is 6.01. The fourth-order valence-electron chi connectivity index (χ4n) is 5.93. The van der Waals surface area contributed by atoms with Gasteiger partial charge in [-0.15, -0.1) is 0 Å². The summed E-state index contributed by atoms with van der Waals surface area (Å²) >= 11 is 0. The van der Waals surface area contributed by atoms with Crippen molar-refractivity contribution in [2.45, 2.75) is 75.3 Å². The Morgan fingerprint density at radius 3 is 2.24 bits per heavy atom. The number of amides is 1. The zero-order chi connectivity index (χ0) is 23.5. The summed E-state index contributed by atoms with van der Waals surface area (Å²) in [5.74, 6) is 0.225. The van der Waals surface area contributed by atoms with Crippen LogP contribution in [0, 0.1) is 0 Å². The van der Waals surface area contributed by atoms with Gasteiger partial charge in [-0.2, -0.15) is 4.31 Å². The van der Waals surface area contributed by atoms with Gasteiger partial charge in [-0.1, -0.05) is 12.8 Å². The number of hydrogen-bond donors (Lipinski definition) is 0. The Balaban J connectivity index is 1.17. The lowest BCUT2D eigenvalue weighted by Crippen LogP contribution is -2.48. The quantitative estimate of drug-likeness (QED) is 0.625. The minimum atomic E-state index is -3.44. The molecule has 0 saturated carbocycles. The molecule has 0 N–H and O–H groups in total. The number of carbonyl (C=O) groups excluding carboxylic acids is 1. The molecule has 4 heterocycles. The highest BCUT2D eigenvalue weighted by Gasteiger charge is 2.28. The summed E-state index contributed by atoms with van der Waals surface area (Å²) in [6, 6.07) is 7.99. The third-order valence-corrected chi connectivity index (χ3v) is 9.88. The second-order valence-corrected chi connectivity index (χ2v) is 12.1. The Bertz CT molecular complexity index is 1090. The summed E-state index contributed by atoms with van der Waals surface area (Å²) < 4.78 is 29.7. The minimum absolute atomic E-state index is 0.225. The number of likely N-dealkylation sites (tertiary alicyclic amines) is 2. The van der Waals surface area contributed by atoms with Crippen LogP contribution in [0.5, 0.6) is 0 Å². The maximum atomic E-state index is 13.0. The van der Waals surface area contributed by atoms with Gasteiger partial charge in [-0.3, -0.25) is 4.79 Å². The topological polar surface area (TPSA) is 65.9 Å². The molecule has 5 rings (SSSR count). The molecule has 0 aliphatic carbocycles. The first-order valence-electron chi connectivity index (χ1n) is 13.1. The largest absolute Gasteiger partial charge is 0.347 e. The van der Waals surface area contributed by atoms with Gasteiger partial charge in [-0.05, 0) is 75.9 Å². The van der Waals surface area contributed by atoms with E-state index in [2.05, 4.69) is 9.47 Å². The molecule has 3 fully saturated rings. The minimum Gasteiger partial charge on any atom is -0.347 e. The molecule has 3 aliphatic heterocycles. The molecule has 0 atom stereocenters. The Morgan fingerprint density at radius 1 is 0.853 bits per heavy atom. The van der Waals surface area contributed by atoms with Crippen LogP contribution in [-0.4, -0.2) is 78.3 Å². The first kappa shape index (κ1) is 23.8. The zero-order valence-corrected chi connectivity index (χ0v) is 21.0. The fraction of sp³-hybridized carbons (Fsp3) is 0.654. The monoisotopic (exact) mass is 486 g/mol. The third-order valence-electron chi connectivity index (χ3n) is 7.99. The third kappa shape index (κ3) is 5.04. The summed E-state index contributed by atoms with van der Waals surface area (Å²) in [6.07, 6.45) is 11.6. The van der Waals surface area contributed by atoms with Crippen LogP contribution in [0.25, 0.3) is 10.9 Å². The van der Waals surface area contributed by atoms with E-state index in [9.17, 15) is 13.2 Å². The number of carbonyl (C=O) groups is 1. The summed E-state index contributed by atoms with van der Waals surface area (Å²) in [5, 5.41) is 0.910. The summed E-state index contributed by atoms with van der Waals surface area (Å²) in [5.41, 5.74) is 0.981. The zero-order valence-electron chi connectivity index (χ0n) is 20.2. The Morgan fingerprint density at radius 2 is 1.53 bits per heavy atom. The van der Waals surface area contributed by atoms with E-state index < -0.39 is 10.0 Å². The van der Waals surface area contributed by atoms with Crippen molar-refractivity contribution in [2.24, 2.45) is 0 Å². The number of nitrogens with zero attached hydrogens (tertiary/aromatic N) is 4. The molecule has 1 amide bonds. The van der Waals surface area contributed by atoms with Crippen molar-refractivity contribution in [3.05, 3.63) is 30.5 Å². The van der Waals surface area contributed by atoms with E-state index in [4.69, 9.17) is 0 Å². The molecule has 7 nitrogen and oxygen atoms in total. The SMILES string of the molecule is O=C(CCn1ccc2cc(S(=O)(=O)N3CCCCC3)ccc21)N1CCC(N2CCCCC2)CC1. The van der Waals surface area contributed by atoms with E-state index in [1.54, 1.807) is 16.4 Å². The van der Waals surface area contributed by atoms with Crippen LogP contribution in [0.1, 0.15) is 57.8 Å². The van der Waals surface area contributed by atoms with Gasteiger partial charge >= 0.3 is 0 Å². The Hall–Kier alpha value is -1.90. The molecule has 0 radical (unpaired) electrons. The van der Waals surface area contributed by atoms with Crippen molar-refractivity contribution in [3.63, 3.8) is 0 Å². The highest BCUT2D eigenvalue weighted by Crippen LogP contribution is 2.26. The molecule has 0 spiro atoms. The summed E-state index contributed by atoms with van der Waals surface area (Å²) in [7, 11) is -3.44. The van der Waals surface area contributed by atoms with Gasteiger partial charge in [0.2, 0.25) is 15.9 Å². The summed E-state index contributed by atoms with van der Waals surface area (Å²) in [4.78, 5) is 17.9. The number of piperidine rings is 3. The second kappa shape index (κ2) is 10.4. The molecule has 1 aromatic heterocycles. The van der Waals surface area contributed by atoms with E-state index in [0.29, 0.717) is 37.0 Å². The highest BCUT2D eigenvalue weighted by molar-refractivity contribution is 7.89. The number of hydrogen-bond acceptors (Lipinski definition) is 4. The predicted octanol–water partition coefficient (Wildman–Crippen LogP) is 3.68. The number of sulfonamides is 1. The highest BCUT2D eigenvalue weighted by atomic mass is 32.2. The maximum Gasteiger partial charge on any atom is 0.243 e. The standard InChI is InChI=1S/C26H38N4O3S/c31-26(29-18-10-23(11-19-29)27-13-3-1-4-14-27)12-20-28-17-9-22-21-24(7-8-25(22)28)34(32,33)30-15-5-2-6-16-30/h7-9,17,21,23H,1-6,10-16,18-20H2. The van der Waals surface area contributed by atoms with Crippen LogP contribution in [0.3, 0.4) is 0 Å². The van der Waals surface area contributed by atoms with Crippen molar-refractivity contribution in [2.75, 3.05) is 39.3 Å². The molecule has 2 aromatic rings. The van der Waals surface area contributed by atoms with Gasteiger partial charge < -0.3 is 14.4 Å². The van der Waals surface area contributed by atoms with Crippen molar-refractivity contribution < 1.29 is 13.2 Å². The number of rotatable bonds is 6. The number of benzene rings is 1. The fourth-order valence-corrected chi connectivity index (χ4v) is 7.48. The van der Waals surface area contributed by atoms with Gasteiger partial charge in [0.05, 0.1) is 4.90 Å². The van der Waals surface area contributed by atoms with Crippen molar-refractivity contribution in [1.29, 1.82) is 0 Å². The molecule has 34 heavy (non-hydrogen) atoms. The molecular weight excluding hydrogens is 448 g/mol. The smallest absolute Gasteiger partial charge is 0.243 e. The first-order valence-corrected chi connectivity index (χ1v) is 14.6. The molecule has 8 heteroatoms. The van der Waals surface area contributed by atoms with Crippen LogP contribution in [0.4, 0.5) is 0 Å². The van der Waals surface area contributed by atoms with Crippen LogP contribution < -0.4 is 0 Å². The lowest BCUT2D eigenvalue weighted by molar-refractivity contribution is -0.133. The Labute approximate surface area is 203 Å². The van der Waals surface area contributed by atoms with Crippen LogP contribution in [0.15, 0.2) is 35.4 Å². The first-order chi connectivity index (χ1) is 16.5. The van der Waals surface area contributed by atoms with Gasteiger partial charge in [0.15, 0.2) is 0 Å². The maximum absolute atomic E-state index is 13.0. The van der Waals surface area contributed by atoms with E-state index in [-0.39, 0.29) is 5.91 Å². The van der Waals surface area contributed by atoms with E-state index in [1.807, 2.05) is 23.2 Å². The molecule has 186 valence electrons. The van der Waals surface area contributed by atoms with Crippen LogP contribution in [0.2, 0.25) is 0 Å². The molecule has 3 aliphatic rings. The number of aryl methyl sites for hydroxylation is 1. The molecule has 0 bridgehead atoms. The van der Waals surface area contributed by atoms with E-state index in [1.165, 1.54) is 32.4 Å². The van der Waals surface area contributed by atoms with Crippen molar-refractivity contribution in [1.82, 2.24) is 18.7 Å². The molecular formula is C26H38N4O3S. The van der Waals surface area contributed by atoms with Crippen molar-refractivity contribution in [3.8, 4) is 0 Å². The van der Waals surface area contributed by atoms with Gasteiger partial charge in [0, 0.05) is 62.3 Å². The Kier molecular flexibility index (Phi) is 7.27. The molecule has 3 saturated heterocycles. The number of fused-ring (bicyclic) bond motifs is 1. The molecule has 0 unspecified atom stereocenters. The number of aromatic nitrogens is 1. The average Bonchev–Trinajstić information content (AvgIpc) is 3.31. The van der Waals surface area contributed by atoms with Crippen LogP contribution >= 0.6 is 0 Å². The van der Waals surface area contributed by atoms with Gasteiger partial charge in [0.1, 0.15) is 0 Å². The average molecular weight is 487 g/mol. The normalized spacial score (nSPS) is 21.8. The van der Waals surface area contributed by atoms with Crippen LogP contribution in [-0.2, 0) is 21.4 Å². The van der Waals surface area contributed by atoms with E-state index >= 15 is 0 Å². The molecule has 1 aromatic carbocycles. The van der Waals surface area contributed by atoms with Gasteiger partial charge in [-0.25, -0.2) is 8.42 Å². The van der Waals surface area contributed by atoms with E-state index in [0.717, 1.165) is 56.1 Å². The second-order valence-electron chi connectivity index (χ2n) is 10.2. The lowest BCUT2D eigenvalue weighted by Gasteiger charge is -2.40. The lowest BCUT2D eigenvalue weighted by atomic mass is 10.00.